The van der Waals surface area contributed by atoms with E-state index in [1.54, 1.807) is 24.3 Å². The molecular formula is C14H18N4O5. The molecule has 0 unspecified atom stereocenters. The molecule has 3 amide bonds. The van der Waals surface area contributed by atoms with Gasteiger partial charge in [-0.15, -0.1) is 0 Å². The molecule has 1 aromatic rings. The van der Waals surface area contributed by atoms with Crippen LogP contribution in [0.2, 0.25) is 0 Å². The molecule has 1 rings (SSSR count). The number of nitrogens with one attached hydrogen (secondary N) is 2. The van der Waals surface area contributed by atoms with Gasteiger partial charge in [-0.2, -0.15) is 5.10 Å². The van der Waals surface area contributed by atoms with E-state index in [0.29, 0.717) is 17.9 Å². The standard InChI is InChI=1S/C14H18N4O5/c1-22-6-5-16-13(20)14(21)18-17-8-10-3-2-4-11(7-10)23-9-12(15)19/h2-4,7-8H,5-6,9H2,1H3,(H2,15,19)(H,16,20)(H,18,21)/b17-8-. The molecule has 23 heavy (non-hydrogen) atoms. The van der Waals surface area contributed by atoms with Crippen molar-refractivity contribution in [2.75, 3.05) is 26.9 Å². The lowest BCUT2D eigenvalue weighted by atomic mass is 10.2. The number of nitrogens with zero attached hydrogens (tertiary/aromatic N) is 1. The Kier molecular flexibility index (Phi) is 7.79. The third-order valence-corrected chi connectivity index (χ3v) is 2.42. The molecule has 4 N–H and O–H groups in total. The quantitative estimate of drug-likeness (QED) is 0.238. The van der Waals surface area contributed by atoms with Gasteiger partial charge in [0.15, 0.2) is 6.61 Å². The van der Waals surface area contributed by atoms with Gasteiger partial charge in [0.1, 0.15) is 5.75 Å². The smallest absolute Gasteiger partial charge is 0.329 e. The molecule has 0 aliphatic carbocycles. The molecule has 0 aliphatic rings. The highest BCUT2D eigenvalue weighted by atomic mass is 16.5. The van der Waals surface area contributed by atoms with Crippen molar-refractivity contribution >= 4 is 23.9 Å². The Morgan fingerprint density at radius 1 is 1.30 bits per heavy atom. The van der Waals surface area contributed by atoms with Crippen molar-refractivity contribution in [2.45, 2.75) is 0 Å². The van der Waals surface area contributed by atoms with Crippen LogP contribution in [0.3, 0.4) is 0 Å². The second-order valence-electron chi connectivity index (χ2n) is 4.28. The molecule has 0 aliphatic heterocycles. The van der Waals surface area contributed by atoms with Crippen LogP contribution < -0.4 is 21.2 Å². The number of hydrazone groups is 1. The van der Waals surface area contributed by atoms with Crippen LogP contribution in [0.25, 0.3) is 0 Å². The number of amides is 3. The highest BCUT2D eigenvalue weighted by Gasteiger charge is 2.11. The number of ether oxygens (including phenoxy) is 2. The van der Waals surface area contributed by atoms with E-state index in [1.165, 1.54) is 13.3 Å². The normalized spacial score (nSPS) is 10.3. The molecular weight excluding hydrogens is 304 g/mol. The molecule has 0 radical (unpaired) electrons. The molecule has 0 aromatic heterocycles. The van der Waals surface area contributed by atoms with E-state index in [-0.39, 0.29) is 13.2 Å². The van der Waals surface area contributed by atoms with Crippen molar-refractivity contribution in [3.8, 4) is 5.75 Å². The first kappa shape index (κ1) is 18.1. The second-order valence-corrected chi connectivity index (χ2v) is 4.28. The number of carbonyl (C=O) groups is 3. The summed E-state index contributed by atoms with van der Waals surface area (Å²) in [5, 5.41) is 6.02. The number of hydrogen-bond acceptors (Lipinski definition) is 6. The highest BCUT2D eigenvalue weighted by molar-refractivity contribution is 6.35. The Morgan fingerprint density at radius 2 is 2.09 bits per heavy atom. The number of benzene rings is 1. The van der Waals surface area contributed by atoms with E-state index >= 15 is 0 Å². The first-order chi connectivity index (χ1) is 11.0. The number of hydrogen-bond donors (Lipinski definition) is 3. The van der Waals surface area contributed by atoms with Gasteiger partial charge in [0.25, 0.3) is 5.91 Å². The van der Waals surface area contributed by atoms with Gasteiger partial charge in [0.05, 0.1) is 12.8 Å². The maximum Gasteiger partial charge on any atom is 0.329 e. The second kappa shape index (κ2) is 9.90. The van der Waals surface area contributed by atoms with Crippen molar-refractivity contribution in [1.29, 1.82) is 0 Å². The SMILES string of the molecule is COCCNC(=O)C(=O)N/N=C\c1cccc(OCC(N)=O)c1. The topological polar surface area (TPSA) is 132 Å². The zero-order valence-electron chi connectivity index (χ0n) is 12.6. The Balaban J connectivity index is 2.47. The van der Waals surface area contributed by atoms with Crippen molar-refractivity contribution < 1.29 is 23.9 Å². The van der Waals surface area contributed by atoms with Crippen LogP contribution in [0.4, 0.5) is 0 Å². The fraction of sp³-hybridized carbons (Fsp3) is 0.286. The predicted molar refractivity (Wildman–Crippen MR) is 81.8 cm³/mol. The van der Waals surface area contributed by atoms with Crippen LogP contribution in [0.15, 0.2) is 29.4 Å². The van der Waals surface area contributed by atoms with Crippen LogP contribution in [0.5, 0.6) is 5.75 Å². The van der Waals surface area contributed by atoms with Crippen molar-refractivity contribution in [1.82, 2.24) is 10.7 Å². The molecule has 0 saturated carbocycles. The summed E-state index contributed by atoms with van der Waals surface area (Å²) in [6.07, 6.45) is 1.33. The lowest BCUT2D eigenvalue weighted by Gasteiger charge is -2.04. The van der Waals surface area contributed by atoms with Crippen LogP contribution >= 0.6 is 0 Å². The van der Waals surface area contributed by atoms with Gasteiger partial charge in [-0.05, 0) is 17.7 Å². The molecule has 1 aromatic carbocycles. The molecule has 0 fully saturated rings. The Hall–Kier alpha value is -2.94. The first-order valence-electron chi connectivity index (χ1n) is 6.64. The van der Waals surface area contributed by atoms with Gasteiger partial charge in [-0.25, -0.2) is 5.43 Å². The summed E-state index contributed by atoms with van der Waals surface area (Å²) in [4.78, 5) is 33.4. The summed E-state index contributed by atoms with van der Waals surface area (Å²) in [5.41, 5.74) is 7.67. The van der Waals surface area contributed by atoms with Gasteiger partial charge >= 0.3 is 11.8 Å². The van der Waals surface area contributed by atoms with Gasteiger partial charge in [-0.1, -0.05) is 12.1 Å². The molecule has 0 saturated heterocycles. The highest BCUT2D eigenvalue weighted by Crippen LogP contribution is 2.11. The molecule has 124 valence electrons. The van der Waals surface area contributed by atoms with E-state index < -0.39 is 17.7 Å². The molecule has 0 bridgehead atoms. The molecule has 0 atom stereocenters. The monoisotopic (exact) mass is 322 g/mol. The third kappa shape index (κ3) is 7.58. The Labute approximate surface area is 132 Å². The van der Waals surface area contributed by atoms with Crippen LogP contribution in [-0.4, -0.2) is 50.8 Å². The largest absolute Gasteiger partial charge is 0.484 e. The van der Waals surface area contributed by atoms with E-state index in [9.17, 15) is 14.4 Å². The molecule has 0 heterocycles. The number of primary amides is 1. The molecule has 9 heteroatoms. The average molecular weight is 322 g/mol. The fourth-order valence-corrected chi connectivity index (χ4v) is 1.40. The minimum absolute atomic E-state index is 0.228. The first-order valence-corrected chi connectivity index (χ1v) is 6.64. The molecule has 0 spiro atoms. The number of nitrogens with two attached hydrogens (primary N) is 1. The zero-order valence-corrected chi connectivity index (χ0v) is 12.6. The Bertz CT molecular complexity index is 588. The average Bonchev–Trinajstić information content (AvgIpc) is 2.53. The van der Waals surface area contributed by atoms with Gasteiger partial charge < -0.3 is 20.5 Å². The van der Waals surface area contributed by atoms with Crippen molar-refractivity contribution in [3.05, 3.63) is 29.8 Å². The summed E-state index contributed by atoms with van der Waals surface area (Å²) in [7, 11) is 1.48. The number of methoxy groups -OCH3 is 1. The van der Waals surface area contributed by atoms with Gasteiger partial charge in [0, 0.05) is 13.7 Å². The predicted octanol–water partition coefficient (Wildman–Crippen LogP) is -1.24. The van der Waals surface area contributed by atoms with Crippen LogP contribution in [-0.2, 0) is 19.1 Å². The van der Waals surface area contributed by atoms with E-state index in [1.807, 2.05) is 0 Å². The fourth-order valence-electron chi connectivity index (χ4n) is 1.40. The lowest BCUT2D eigenvalue weighted by molar-refractivity contribution is -0.139. The van der Waals surface area contributed by atoms with Crippen molar-refractivity contribution in [2.24, 2.45) is 10.8 Å². The van der Waals surface area contributed by atoms with Crippen LogP contribution in [0.1, 0.15) is 5.56 Å². The lowest BCUT2D eigenvalue weighted by Crippen LogP contribution is -2.39. The third-order valence-electron chi connectivity index (χ3n) is 2.42. The Morgan fingerprint density at radius 3 is 2.78 bits per heavy atom. The molecule has 9 nitrogen and oxygen atoms in total. The minimum atomic E-state index is -0.890. The maximum absolute atomic E-state index is 11.4. The van der Waals surface area contributed by atoms with Crippen molar-refractivity contribution in [3.63, 3.8) is 0 Å². The van der Waals surface area contributed by atoms with E-state index in [2.05, 4.69) is 15.8 Å². The van der Waals surface area contributed by atoms with Gasteiger partial charge in [0.2, 0.25) is 0 Å². The summed E-state index contributed by atoms with van der Waals surface area (Å²) in [5.74, 6) is -1.86. The summed E-state index contributed by atoms with van der Waals surface area (Å²) in [6.45, 7) is 0.297. The number of rotatable bonds is 8. The van der Waals surface area contributed by atoms with Gasteiger partial charge in [-0.3, -0.25) is 14.4 Å². The minimum Gasteiger partial charge on any atom is -0.484 e. The van der Waals surface area contributed by atoms with E-state index in [0.717, 1.165) is 0 Å². The van der Waals surface area contributed by atoms with Crippen LogP contribution in [0, 0.1) is 0 Å². The van der Waals surface area contributed by atoms with E-state index in [4.69, 9.17) is 15.2 Å². The summed E-state index contributed by atoms with van der Waals surface area (Å²) < 4.78 is 9.87. The summed E-state index contributed by atoms with van der Waals surface area (Å²) in [6, 6.07) is 6.61. The number of carbonyl (C=O) groups excluding carboxylic acids is 3. The zero-order chi connectivity index (χ0) is 17.1. The maximum atomic E-state index is 11.4. The summed E-state index contributed by atoms with van der Waals surface area (Å²) >= 11 is 0.